The van der Waals surface area contributed by atoms with Crippen LogP contribution in [-0.2, 0) is 14.8 Å². The number of rotatable bonds is 6. The van der Waals surface area contributed by atoms with Gasteiger partial charge in [0.25, 0.3) is 0 Å². The van der Waals surface area contributed by atoms with Gasteiger partial charge in [-0.3, -0.25) is 4.79 Å². The summed E-state index contributed by atoms with van der Waals surface area (Å²) < 4.78 is 39.1. The Balaban J connectivity index is 2.17. The zero-order valence-corrected chi connectivity index (χ0v) is 14.4. The van der Waals surface area contributed by atoms with Gasteiger partial charge in [0.1, 0.15) is 5.82 Å². The summed E-state index contributed by atoms with van der Waals surface area (Å²) in [6.45, 7) is 0. The topological polar surface area (TPSA) is 75.3 Å². The molecule has 0 spiro atoms. The summed E-state index contributed by atoms with van der Waals surface area (Å²) in [6, 6.07) is 11.4. The van der Waals surface area contributed by atoms with Gasteiger partial charge in [-0.05, 0) is 29.8 Å². The molecule has 5 nitrogen and oxygen atoms in total. The maximum absolute atomic E-state index is 13.6. The summed E-state index contributed by atoms with van der Waals surface area (Å²) in [7, 11) is -3.55. The second-order valence-corrected chi connectivity index (χ2v) is 7.44. The number of anilines is 1. The fraction of sp³-hybridized carbons (Fsp3) is 0.188. The van der Waals surface area contributed by atoms with Crippen molar-refractivity contribution in [3.05, 3.63) is 64.9 Å². The first kappa shape index (κ1) is 18.4. The molecule has 0 aliphatic rings. The van der Waals surface area contributed by atoms with Crippen LogP contribution in [0.1, 0.15) is 18.0 Å². The van der Waals surface area contributed by atoms with Crippen LogP contribution in [0.4, 0.5) is 10.1 Å². The lowest BCUT2D eigenvalue weighted by molar-refractivity contribution is -0.116. The van der Waals surface area contributed by atoms with E-state index in [2.05, 4.69) is 10.0 Å². The molecule has 0 unspecified atom stereocenters. The first-order valence-electron chi connectivity index (χ1n) is 7.02. The largest absolute Gasteiger partial charge is 0.324 e. The number of para-hydroxylation sites is 1. The molecule has 0 fully saturated rings. The van der Waals surface area contributed by atoms with Crippen molar-refractivity contribution in [3.8, 4) is 0 Å². The van der Waals surface area contributed by atoms with Crippen molar-refractivity contribution in [1.29, 1.82) is 0 Å². The van der Waals surface area contributed by atoms with Gasteiger partial charge in [-0.1, -0.05) is 35.9 Å². The van der Waals surface area contributed by atoms with Gasteiger partial charge in [-0.2, -0.15) is 0 Å². The molecule has 0 aliphatic carbocycles. The maximum atomic E-state index is 13.6. The molecule has 8 heteroatoms. The van der Waals surface area contributed by atoms with E-state index in [-0.39, 0.29) is 12.1 Å². The highest BCUT2D eigenvalue weighted by atomic mass is 35.5. The summed E-state index contributed by atoms with van der Waals surface area (Å²) in [5.41, 5.74) is 0.616. The van der Waals surface area contributed by atoms with Crippen LogP contribution in [0.25, 0.3) is 0 Å². The van der Waals surface area contributed by atoms with Crippen LogP contribution in [0.3, 0.4) is 0 Å². The summed E-state index contributed by atoms with van der Waals surface area (Å²) >= 11 is 5.82. The minimum absolute atomic E-state index is 0.0386. The Morgan fingerprint density at radius 3 is 2.38 bits per heavy atom. The third-order valence-corrected chi connectivity index (χ3v) is 4.13. The van der Waals surface area contributed by atoms with Crippen LogP contribution in [-0.4, -0.2) is 20.6 Å². The molecule has 24 heavy (non-hydrogen) atoms. The van der Waals surface area contributed by atoms with E-state index in [4.69, 9.17) is 11.6 Å². The average Bonchev–Trinajstić information content (AvgIpc) is 2.48. The second-order valence-electron chi connectivity index (χ2n) is 5.23. The number of benzene rings is 2. The smallest absolute Gasteiger partial charge is 0.226 e. The zero-order valence-electron chi connectivity index (χ0n) is 12.8. The first-order valence-corrected chi connectivity index (χ1v) is 9.29. The van der Waals surface area contributed by atoms with Crippen LogP contribution in [0.2, 0.25) is 5.02 Å². The zero-order chi connectivity index (χ0) is 17.7. The molecule has 0 aromatic heterocycles. The van der Waals surface area contributed by atoms with E-state index in [1.54, 1.807) is 30.3 Å². The minimum atomic E-state index is -3.55. The van der Waals surface area contributed by atoms with Crippen molar-refractivity contribution in [1.82, 2.24) is 4.72 Å². The molecular formula is C16H16ClFN2O3S. The number of hydrogen-bond acceptors (Lipinski definition) is 3. The lowest BCUT2D eigenvalue weighted by atomic mass is 10.0. The summed E-state index contributed by atoms with van der Waals surface area (Å²) in [5.74, 6) is -1.08. The molecule has 2 aromatic rings. The SMILES string of the molecule is CS(=O)(=O)N[C@@H](CC(=O)Nc1ccccc1F)c1ccc(Cl)cc1. The molecule has 2 aromatic carbocycles. The van der Waals surface area contributed by atoms with Gasteiger partial charge in [-0.25, -0.2) is 17.5 Å². The first-order chi connectivity index (χ1) is 11.2. The van der Waals surface area contributed by atoms with E-state index in [9.17, 15) is 17.6 Å². The van der Waals surface area contributed by atoms with E-state index in [1.807, 2.05) is 0 Å². The highest BCUT2D eigenvalue weighted by molar-refractivity contribution is 7.88. The summed E-state index contributed by atoms with van der Waals surface area (Å²) in [5, 5.41) is 2.93. The van der Waals surface area contributed by atoms with Crippen LogP contribution < -0.4 is 10.0 Å². The minimum Gasteiger partial charge on any atom is -0.324 e. The van der Waals surface area contributed by atoms with Crippen molar-refractivity contribution in [2.24, 2.45) is 0 Å². The summed E-state index contributed by atoms with van der Waals surface area (Å²) in [6.07, 6.45) is 0.813. The third kappa shape index (κ3) is 5.59. The third-order valence-electron chi connectivity index (χ3n) is 3.17. The molecule has 0 heterocycles. The van der Waals surface area contributed by atoms with Crippen molar-refractivity contribution >= 4 is 33.2 Å². The fourth-order valence-corrected chi connectivity index (χ4v) is 2.99. The molecule has 0 radical (unpaired) electrons. The van der Waals surface area contributed by atoms with E-state index in [1.165, 1.54) is 18.2 Å². The number of sulfonamides is 1. The molecule has 2 rings (SSSR count). The number of halogens is 2. The standard InChI is InChI=1S/C16H16ClFN2O3S/c1-24(22,23)20-15(11-6-8-12(17)9-7-11)10-16(21)19-14-5-3-2-4-13(14)18/h2-9,15,20H,10H2,1H3,(H,19,21)/t15-/m0/s1. The van der Waals surface area contributed by atoms with Gasteiger partial charge in [0.2, 0.25) is 15.9 Å². The van der Waals surface area contributed by atoms with E-state index < -0.39 is 27.8 Å². The monoisotopic (exact) mass is 370 g/mol. The molecule has 1 atom stereocenters. The van der Waals surface area contributed by atoms with Gasteiger partial charge in [0.05, 0.1) is 18.0 Å². The highest BCUT2D eigenvalue weighted by Gasteiger charge is 2.20. The van der Waals surface area contributed by atoms with Crippen molar-refractivity contribution in [2.75, 3.05) is 11.6 Å². The Hall–Kier alpha value is -1.96. The van der Waals surface area contributed by atoms with Gasteiger partial charge in [-0.15, -0.1) is 0 Å². The van der Waals surface area contributed by atoms with E-state index in [0.717, 1.165) is 6.26 Å². The van der Waals surface area contributed by atoms with Crippen LogP contribution in [0.15, 0.2) is 48.5 Å². The van der Waals surface area contributed by atoms with Gasteiger partial charge >= 0.3 is 0 Å². The Labute approximate surface area is 144 Å². The molecular weight excluding hydrogens is 355 g/mol. The summed E-state index contributed by atoms with van der Waals surface area (Å²) in [4.78, 5) is 12.2. The van der Waals surface area contributed by atoms with Crippen LogP contribution >= 0.6 is 11.6 Å². The Morgan fingerprint density at radius 2 is 1.79 bits per heavy atom. The quantitative estimate of drug-likeness (QED) is 0.820. The molecule has 0 bridgehead atoms. The number of nitrogens with one attached hydrogen (secondary N) is 2. The molecule has 0 saturated heterocycles. The van der Waals surface area contributed by atoms with Gasteiger partial charge < -0.3 is 5.32 Å². The van der Waals surface area contributed by atoms with Gasteiger partial charge in [0.15, 0.2) is 0 Å². The van der Waals surface area contributed by atoms with Crippen molar-refractivity contribution < 1.29 is 17.6 Å². The highest BCUT2D eigenvalue weighted by Crippen LogP contribution is 2.21. The van der Waals surface area contributed by atoms with E-state index in [0.29, 0.717) is 10.6 Å². The molecule has 2 N–H and O–H groups in total. The van der Waals surface area contributed by atoms with E-state index >= 15 is 0 Å². The molecule has 128 valence electrons. The number of hydrogen-bond donors (Lipinski definition) is 2. The lowest BCUT2D eigenvalue weighted by Gasteiger charge is -2.18. The Morgan fingerprint density at radius 1 is 1.17 bits per heavy atom. The maximum Gasteiger partial charge on any atom is 0.226 e. The van der Waals surface area contributed by atoms with Crippen LogP contribution in [0.5, 0.6) is 0 Å². The van der Waals surface area contributed by atoms with Crippen molar-refractivity contribution in [2.45, 2.75) is 12.5 Å². The normalized spacial score (nSPS) is 12.6. The van der Waals surface area contributed by atoms with Crippen LogP contribution in [0, 0.1) is 5.82 Å². The Kier molecular flexibility index (Phi) is 5.93. The fourth-order valence-electron chi connectivity index (χ4n) is 2.13. The van der Waals surface area contributed by atoms with Gasteiger partial charge in [0, 0.05) is 11.4 Å². The number of carbonyl (C=O) groups is 1. The Bertz CT molecular complexity index is 825. The molecule has 0 aliphatic heterocycles. The predicted molar refractivity (Wildman–Crippen MR) is 91.8 cm³/mol. The predicted octanol–water partition coefficient (Wildman–Crippen LogP) is 3.10. The average molecular weight is 371 g/mol. The lowest BCUT2D eigenvalue weighted by Crippen LogP contribution is -2.30. The number of amides is 1. The van der Waals surface area contributed by atoms with Crippen molar-refractivity contribution in [3.63, 3.8) is 0 Å². The molecule has 1 amide bonds. The molecule has 0 saturated carbocycles. The second kappa shape index (κ2) is 7.74. The number of carbonyl (C=O) groups excluding carboxylic acids is 1.